The first-order valence-electron chi connectivity index (χ1n) is 17.7. The predicted octanol–water partition coefficient (Wildman–Crippen LogP) is 4.24. The molecule has 55 heavy (non-hydrogen) atoms. The normalized spacial score (nSPS) is 19.7. The highest BCUT2D eigenvalue weighted by Crippen LogP contribution is 2.21. The minimum Gasteiger partial charge on any atom is -0.484 e. The van der Waals surface area contributed by atoms with Crippen molar-refractivity contribution in [2.75, 3.05) is 6.61 Å². The first-order chi connectivity index (χ1) is 26.6. The van der Waals surface area contributed by atoms with Crippen molar-refractivity contribution in [1.29, 1.82) is 0 Å². The summed E-state index contributed by atoms with van der Waals surface area (Å²) in [5, 5.41) is 22.6. The van der Waals surface area contributed by atoms with E-state index in [0.717, 1.165) is 16.0 Å². The average Bonchev–Trinajstić information content (AvgIpc) is 3.71. The summed E-state index contributed by atoms with van der Waals surface area (Å²) >= 11 is 1.40. The number of carbonyl (C=O) groups excluding carboxylic acids is 4. The average molecular weight is 763 g/mol. The summed E-state index contributed by atoms with van der Waals surface area (Å²) in [5.74, 6) is -4.50. The lowest BCUT2D eigenvalue weighted by atomic mass is 9.99. The fourth-order valence-electron chi connectivity index (χ4n) is 6.20. The molecule has 11 nitrogen and oxygen atoms in total. The van der Waals surface area contributed by atoms with Crippen LogP contribution in [0.25, 0.3) is 11.1 Å². The first-order valence-corrected chi connectivity index (χ1v) is 18.5. The number of benzene rings is 4. The van der Waals surface area contributed by atoms with Crippen LogP contribution in [0, 0.1) is 5.82 Å². The number of halogens is 1. The van der Waals surface area contributed by atoms with Crippen LogP contribution in [0.4, 0.5) is 4.39 Å². The topological polar surface area (TPSA) is 163 Å². The number of carboxylic acids is 1. The van der Waals surface area contributed by atoms with Crippen LogP contribution in [-0.4, -0.2) is 65.5 Å². The Hall–Kier alpha value is -6.34. The molecule has 4 atom stereocenters. The molecule has 0 unspecified atom stereocenters. The van der Waals surface area contributed by atoms with Crippen molar-refractivity contribution in [3.8, 4) is 16.9 Å². The highest BCUT2D eigenvalue weighted by atomic mass is 32.1. The number of thiophene rings is 1. The molecule has 3 heterocycles. The minimum absolute atomic E-state index is 0.0187. The summed E-state index contributed by atoms with van der Waals surface area (Å²) in [4.78, 5) is 68.6. The Morgan fingerprint density at radius 1 is 0.673 bits per heavy atom. The molecule has 1 aromatic heterocycles. The molecule has 4 amide bonds. The second-order valence-electron chi connectivity index (χ2n) is 13.1. The molecule has 7 rings (SSSR count). The molecule has 0 saturated carbocycles. The van der Waals surface area contributed by atoms with E-state index in [9.17, 15) is 33.5 Å². The van der Waals surface area contributed by atoms with Gasteiger partial charge in [-0.15, -0.1) is 11.3 Å². The third kappa shape index (κ3) is 10.6. The van der Waals surface area contributed by atoms with E-state index in [-0.39, 0.29) is 31.2 Å². The molecule has 5 N–H and O–H groups in total. The maximum Gasteiger partial charge on any atom is 0.326 e. The standard InChI is InChI=1S/C42H39FN4O7S/c43-33-11-5-4-9-30(33)23-35-40(50)47-37(42(52)53)22-27-14-18-31(19-15-27)54-25-38(48)44-36(24-32-10-6-20-55-32)41(51)45-34(39(49)46-35)21-26-12-16-29(17-13-26)28-7-2-1-3-8-28/h1-20,34-37H,21-25H2,(H,44,48)(H,45,51)(H,46,49)(H,47,50)(H,52,53)/t34-,35+,36+,37+/m1/s1. The van der Waals surface area contributed by atoms with Crippen LogP contribution < -0.4 is 26.0 Å². The van der Waals surface area contributed by atoms with Gasteiger partial charge in [-0.2, -0.15) is 0 Å². The van der Waals surface area contributed by atoms with Crippen LogP contribution in [0.1, 0.15) is 21.6 Å². The van der Waals surface area contributed by atoms with Crippen LogP contribution in [-0.2, 0) is 49.7 Å². The highest BCUT2D eigenvalue weighted by Gasteiger charge is 2.32. The number of hydrogen-bond acceptors (Lipinski definition) is 7. The molecule has 0 fully saturated rings. The predicted molar refractivity (Wildman–Crippen MR) is 205 cm³/mol. The largest absolute Gasteiger partial charge is 0.484 e. The van der Waals surface area contributed by atoms with Gasteiger partial charge in [-0.05, 0) is 57.5 Å². The Balaban J connectivity index is 1.35. The molecule has 4 aromatic carbocycles. The zero-order valence-corrected chi connectivity index (χ0v) is 30.4. The van der Waals surface area contributed by atoms with Crippen molar-refractivity contribution < 1.29 is 38.2 Å². The number of fused-ring (bicyclic) bond motifs is 16. The van der Waals surface area contributed by atoms with Gasteiger partial charge in [0.2, 0.25) is 17.7 Å². The summed E-state index contributed by atoms with van der Waals surface area (Å²) in [6.07, 6.45) is -0.329. The molecule has 0 spiro atoms. The van der Waals surface area contributed by atoms with Crippen molar-refractivity contribution in [3.05, 3.63) is 148 Å². The lowest BCUT2D eigenvalue weighted by molar-refractivity contribution is -0.142. The molecule has 2 aliphatic heterocycles. The van der Waals surface area contributed by atoms with Crippen LogP contribution >= 0.6 is 11.3 Å². The molecule has 5 aromatic rings. The summed E-state index contributed by atoms with van der Waals surface area (Å²) in [6, 6.07) is 27.6. The van der Waals surface area contributed by atoms with E-state index in [1.165, 1.54) is 29.5 Å². The van der Waals surface area contributed by atoms with Gasteiger partial charge in [-0.25, -0.2) is 9.18 Å². The number of amides is 4. The maximum absolute atomic E-state index is 14.9. The molecule has 2 bridgehead atoms. The number of aliphatic carboxylic acids is 1. The van der Waals surface area contributed by atoms with Crippen LogP contribution in [0.15, 0.2) is 121 Å². The van der Waals surface area contributed by atoms with Crippen LogP contribution in [0.2, 0.25) is 0 Å². The van der Waals surface area contributed by atoms with E-state index >= 15 is 0 Å². The van der Waals surface area contributed by atoms with Gasteiger partial charge in [0.25, 0.3) is 5.91 Å². The van der Waals surface area contributed by atoms with Crippen molar-refractivity contribution in [3.63, 3.8) is 0 Å². The SMILES string of the molecule is O=C1COc2ccc(cc2)C[C@@H](C(=O)O)NC(=O)[C@H](Cc2ccccc2F)NC(=O)[C@@H](Cc2ccc(-c3ccccc3)cc2)NC(=O)[C@H](Cc2cccs2)N1. The van der Waals surface area contributed by atoms with E-state index in [0.29, 0.717) is 16.9 Å². The van der Waals surface area contributed by atoms with E-state index in [4.69, 9.17) is 4.74 Å². The second kappa shape index (κ2) is 18.1. The molecule has 282 valence electrons. The lowest BCUT2D eigenvalue weighted by Crippen LogP contribution is -2.59. The van der Waals surface area contributed by atoms with Gasteiger partial charge < -0.3 is 31.1 Å². The summed E-state index contributed by atoms with van der Waals surface area (Å²) in [5.41, 5.74) is 3.25. The molecule has 0 radical (unpaired) electrons. The maximum atomic E-state index is 14.9. The van der Waals surface area contributed by atoms with Gasteiger partial charge in [-0.3, -0.25) is 19.2 Å². The molecular formula is C42H39FN4O7S. The highest BCUT2D eigenvalue weighted by molar-refractivity contribution is 7.09. The minimum atomic E-state index is -1.44. The summed E-state index contributed by atoms with van der Waals surface area (Å²) in [6.45, 7) is -0.420. The van der Waals surface area contributed by atoms with Gasteiger partial charge in [0, 0.05) is 30.6 Å². The van der Waals surface area contributed by atoms with Gasteiger partial charge in [-0.1, -0.05) is 91.0 Å². The zero-order chi connectivity index (χ0) is 38.7. The Kier molecular flexibility index (Phi) is 12.7. The smallest absolute Gasteiger partial charge is 0.326 e. The Morgan fingerprint density at radius 3 is 1.95 bits per heavy atom. The van der Waals surface area contributed by atoms with Crippen LogP contribution in [0.3, 0.4) is 0 Å². The van der Waals surface area contributed by atoms with Crippen molar-refractivity contribution in [1.82, 2.24) is 21.3 Å². The number of carbonyl (C=O) groups is 5. The molecule has 0 aliphatic carbocycles. The third-order valence-electron chi connectivity index (χ3n) is 9.13. The number of rotatable bonds is 8. The first kappa shape index (κ1) is 38.4. The van der Waals surface area contributed by atoms with Gasteiger partial charge >= 0.3 is 5.97 Å². The second-order valence-corrected chi connectivity index (χ2v) is 14.2. The quantitative estimate of drug-likeness (QED) is 0.148. The molecule has 0 saturated heterocycles. The van der Waals surface area contributed by atoms with Gasteiger partial charge in [0.1, 0.15) is 35.7 Å². The van der Waals surface area contributed by atoms with Gasteiger partial charge in [0.15, 0.2) is 6.61 Å². The summed E-state index contributed by atoms with van der Waals surface area (Å²) < 4.78 is 20.6. The third-order valence-corrected chi connectivity index (χ3v) is 10.0. The fraction of sp³-hybridized carbons (Fsp3) is 0.214. The van der Waals surface area contributed by atoms with Crippen molar-refractivity contribution in [2.24, 2.45) is 0 Å². The monoisotopic (exact) mass is 762 g/mol. The van der Waals surface area contributed by atoms with E-state index < -0.39 is 66.2 Å². The zero-order valence-electron chi connectivity index (χ0n) is 29.6. The van der Waals surface area contributed by atoms with Crippen LogP contribution in [0.5, 0.6) is 5.75 Å². The molecule has 2 aliphatic rings. The summed E-state index contributed by atoms with van der Waals surface area (Å²) in [7, 11) is 0. The Labute approximate surface area is 320 Å². The van der Waals surface area contributed by atoms with Gasteiger partial charge in [0.05, 0.1) is 0 Å². The number of hydrogen-bond donors (Lipinski definition) is 5. The lowest BCUT2D eigenvalue weighted by Gasteiger charge is -2.26. The Bertz CT molecular complexity index is 2110. The Morgan fingerprint density at radius 2 is 1.29 bits per heavy atom. The molecule has 13 heteroatoms. The van der Waals surface area contributed by atoms with Crippen molar-refractivity contribution in [2.45, 2.75) is 49.9 Å². The molecular weight excluding hydrogens is 724 g/mol. The number of ether oxygens (including phenoxy) is 1. The van der Waals surface area contributed by atoms with E-state index in [1.54, 1.807) is 30.3 Å². The van der Waals surface area contributed by atoms with Crippen molar-refractivity contribution >= 4 is 40.9 Å². The number of carboxylic acid groups (broad SMARTS) is 1. The van der Waals surface area contributed by atoms with E-state index in [1.807, 2.05) is 72.1 Å². The van der Waals surface area contributed by atoms with E-state index in [2.05, 4.69) is 21.3 Å². The number of nitrogens with one attached hydrogen (secondary N) is 4. The fourth-order valence-corrected chi connectivity index (χ4v) is 6.95.